The number of carbonyl (C=O) groups is 1. The molecule has 0 atom stereocenters. The van der Waals surface area contributed by atoms with Crippen LogP contribution in [0, 0.1) is 0 Å². The molecule has 106 valence electrons. The Balaban J connectivity index is 2.04. The second kappa shape index (κ2) is 6.90. The summed E-state index contributed by atoms with van der Waals surface area (Å²) in [6, 6.07) is 7.55. The predicted octanol–water partition coefficient (Wildman–Crippen LogP) is 3.88. The third kappa shape index (κ3) is 3.84. The summed E-state index contributed by atoms with van der Waals surface area (Å²) in [5.74, 6) is 1.51. The van der Waals surface area contributed by atoms with Gasteiger partial charge in [-0.15, -0.1) is 11.3 Å². The number of ether oxygens (including phenoxy) is 2. The van der Waals surface area contributed by atoms with Gasteiger partial charge in [-0.2, -0.15) is 0 Å². The van der Waals surface area contributed by atoms with Crippen molar-refractivity contribution in [3.05, 3.63) is 44.6 Å². The van der Waals surface area contributed by atoms with Crippen molar-refractivity contribution >= 4 is 33.0 Å². The van der Waals surface area contributed by atoms with E-state index in [1.807, 2.05) is 29.6 Å². The predicted molar refractivity (Wildman–Crippen MR) is 84.0 cm³/mol. The third-order valence-electron chi connectivity index (χ3n) is 2.84. The van der Waals surface area contributed by atoms with Crippen molar-refractivity contribution < 1.29 is 14.3 Å². The monoisotopic (exact) mass is 354 g/mol. The molecule has 2 rings (SSSR count). The fourth-order valence-corrected chi connectivity index (χ4v) is 3.40. The normalized spacial score (nSPS) is 10.3. The first-order valence-corrected chi connectivity index (χ1v) is 7.75. The van der Waals surface area contributed by atoms with Crippen LogP contribution in [0.2, 0.25) is 0 Å². The Kier molecular flexibility index (Phi) is 5.20. The van der Waals surface area contributed by atoms with Gasteiger partial charge in [0.05, 0.1) is 14.2 Å². The number of carbonyl (C=O) groups excluding carboxylic acids is 1. The summed E-state index contributed by atoms with van der Waals surface area (Å²) in [4.78, 5) is 13.1. The van der Waals surface area contributed by atoms with Gasteiger partial charge in [0.25, 0.3) is 0 Å². The van der Waals surface area contributed by atoms with E-state index in [1.165, 1.54) is 0 Å². The van der Waals surface area contributed by atoms with Crippen molar-refractivity contribution in [3.8, 4) is 11.5 Å². The van der Waals surface area contributed by atoms with Crippen molar-refractivity contribution in [1.29, 1.82) is 0 Å². The number of thiophene rings is 1. The standard InChI is InChI=1S/C15H15BrO3S/c1-18-14-4-3-10(6-15(14)19-2)5-12(17)8-13-7-11(16)9-20-13/h3-4,6-7,9H,5,8H2,1-2H3. The first kappa shape index (κ1) is 15.1. The number of rotatable bonds is 6. The molecule has 1 aromatic heterocycles. The molecule has 0 amide bonds. The number of Topliss-reactive ketones (excluding diaryl/α,β-unsaturated/α-hetero) is 1. The number of methoxy groups -OCH3 is 2. The Labute approximate surface area is 130 Å². The van der Waals surface area contributed by atoms with E-state index >= 15 is 0 Å². The molecule has 0 aliphatic heterocycles. The molecule has 1 heterocycles. The molecule has 0 aliphatic rings. The van der Waals surface area contributed by atoms with E-state index in [4.69, 9.17) is 9.47 Å². The van der Waals surface area contributed by atoms with E-state index in [0.29, 0.717) is 24.3 Å². The second-order valence-corrected chi connectivity index (χ2v) is 6.22. The lowest BCUT2D eigenvalue weighted by molar-refractivity contribution is -0.117. The third-order valence-corrected chi connectivity index (χ3v) is 4.54. The van der Waals surface area contributed by atoms with Gasteiger partial charge in [-0.05, 0) is 39.7 Å². The summed E-state index contributed by atoms with van der Waals surface area (Å²) < 4.78 is 11.4. The lowest BCUT2D eigenvalue weighted by Gasteiger charge is -2.09. The highest BCUT2D eigenvalue weighted by Gasteiger charge is 2.10. The maximum atomic E-state index is 12.1. The molecule has 0 fully saturated rings. The van der Waals surface area contributed by atoms with Gasteiger partial charge in [-0.1, -0.05) is 6.07 Å². The van der Waals surface area contributed by atoms with E-state index in [1.54, 1.807) is 25.6 Å². The van der Waals surface area contributed by atoms with Crippen molar-refractivity contribution in [2.24, 2.45) is 0 Å². The molecule has 0 spiro atoms. The van der Waals surface area contributed by atoms with Crippen LogP contribution >= 0.6 is 27.3 Å². The molecular weight excluding hydrogens is 340 g/mol. The van der Waals surface area contributed by atoms with Crippen LogP contribution in [0.15, 0.2) is 34.1 Å². The zero-order chi connectivity index (χ0) is 14.5. The minimum atomic E-state index is 0.187. The van der Waals surface area contributed by atoms with Crippen molar-refractivity contribution in [2.45, 2.75) is 12.8 Å². The van der Waals surface area contributed by atoms with Gasteiger partial charge in [-0.3, -0.25) is 4.79 Å². The lowest BCUT2D eigenvalue weighted by Crippen LogP contribution is -2.05. The average molecular weight is 355 g/mol. The van der Waals surface area contributed by atoms with E-state index in [-0.39, 0.29) is 5.78 Å². The highest BCUT2D eigenvalue weighted by atomic mass is 79.9. The van der Waals surface area contributed by atoms with Crippen LogP contribution in [0.1, 0.15) is 10.4 Å². The minimum absolute atomic E-state index is 0.187. The maximum Gasteiger partial charge on any atom is 0.161 e. The Morgan fingerprint density at radius 2 is 1.90 bits per heavy atom. The van der Waals surface area contributed by atoms with Crippen LogP contribution in [0.5, 0.6) is 11.5 Å². The first-order valence-electron chi connectivity index (χ1n) is 6.08. The molecule has 1 aromatic carbocycles. The highest BCUT2D eigenvalue weighted by Crippen LogP contribution is 2.28. The zero-order valence-electron chi connectivity index (χ0n) is 11.3. The summed E-state index contributed by atoms with van der Waals surface area (Å²) in [6.45, 7) is 0. The van der Waals surface area contributed by atoms with Crippen LogP contribution in [-0.2, 0) is 17.6 Å². The van der Waals surface area contributed by atoms with Gasteiger partial charge >= 0.3 is 0 Å². The van der Waals surface area contributed by atoms with Crippen LogP contribution in [0.25, 0.3) is 0 Å². The minimum Gasteiger partial charge on any atom is -0.493 e. The molecule has 2 aromatic rings. The molecule has 0 saturated heterocycles. The van der Waals surface area contributed by atoms with Gasteiger partial charge in [-0.25, -0.2) is 0 Å². The number of halogens is 1. The van der Waals surface area contributed by atoms with Crippen LogP contribution in [-0.4, -0.2) is 20.0 Å². The maximum absolute atomic E-state index is 12.1. The highest BCUT2D eigenvalue weighted by molar-refractivity contribution is 9.10. The van der Waals surface area contributed by atoms with Crippen LogP contribution in [0.3, 0.4) is 0 Å². The van der Waals surface area contributed by atoms with Crippen molar-refractivity contribution in [3.63, 3.8) is 0 Å². The van der Waals surface area contributed by atoms with Crippen molar-refractivity contribution in [1.82, 2.24) is 0 Å². The average Bonchev–Trinajstić information content (AvgIpc) is 2.83. The van der Waals surface area contributed by atoms with E-state index < -0.39 is 0 Å². The van der Waals surface area contributed by atoms with E-state index in [9.17, 15) is 4.79 Å². The Morgan fingerprint density at radius 1 is 1.15 bits per heavy atom. The molecule has 5 heteroatoms. The summed E-state index contributed by atoms with van der Waals surface area (Å²) in [6.07, 6.45) is 0.862. The van der Waals surface area contributed by atoms with Gasteiger partial charge in [0.15, 0.2) is 11.5 Å². The molecule has 0 bridgehead atoms. The quantitative estimate of drug-likeness (QED) is 0.789. The number of ketones is 1. The van der Waals surface area contributed by atoms with E-state index in [0.717, 1.165) is 14.9 Å². The smallest absolute Gasteiger partial charge is 0.161 e. The van der Waals surface area contributed by atoms with Gasteiger partial charge in [0, 0.05) is 27.6 Å². The number of benzene rings is 1. The number of hydrogen-bond acceptors (Lipinski definition) is 4. The molecule has 0 unspecified atom stereocenters. The van der Waals surface area contributed by atoms with Crippen LogP contribution < -0.4 is 9.47 Å². The largest absolute Gasteiger partial charge is 0.493 e. The second-order valence-electron chi connectivity index (χ2n) is 4.31. The molecule has 0 radical (unpaired) electrons. The van der Waals surface area contributed by atoms with Gasteiger partial charge in [0.2, 0.25) is 0 Å². The fraction of sp³-hybridized carbons (Fsp3) is 0.267. The Morgan fingerprint density at radius 3 is 2.50 bits per heavy atom. The molecule has 0 saturated carbocycles. The molecule has 20 heavy (non-hydrogen) atoms. The summed E-state index contributed by atoms with van der Waals surface area (Å²) in [5, 5.41) is 1.99. The van der Waals surface area contributed by atoms with Crippen molar-refractivity contribution in [2.75, 3.05) is 14.2 Å². The summed E-state index contributed by atoms with van der Waals surface area (Å²) in [5.41, 5.74) is 0.934. The lowest BCUT2D eigenvalue weighted by atomic mass is 10.1. The number of hydrogen-bond donors (Lipinski definition) is 0. The van der Waals surface area contributed by atoms with Gasteiger partial charge in [0.1, 0.15) is 5.78 Å². The topological polar surface area (TPSA) is 35.5 Å². The Bertz CT molecular complexity index is 607. The molecule has 0 aliphatic carbocycles. The first-order chi connectivity index (χ1) is 9.62. The van der Waals surface area contributed by atoms with Crippen LogP contribution in [0.4, 0.5) is 0 Å². The fourth-order valence-electron chi connectivity index (χ4n) is 1.92. The summed E-state index contributed by atoms with van der Waals surface area (Å²) in [7, 11) is 3.18. The molecule has 0 N–H and O–H groups in total. The van der Waals surface area contributed by atoms with Gasteiger partial charge < -0.3 is 9.47 Å². The summed E-state index contributed by atoms with van der Waals surface area (Å²) >= 11 is 4.98. The van der Waals surface area contributed by atoms with E-state index in [2.05, 4.69) is 15.9 Å². The zero-order valence-corrected chi connectivity index (χ0v) is 13.7. The molecule has 3 nitrogen and oxygen atoms in total. The molecular formula is C15H15BrO3S. The Hall–Kier alpha value is -1.33. The SMILES string of the molecule is COc1ccc(CC(=O)Cc2cc(Br)cs2)cc1OC.